The fraction of sp³-hybridized carbons (Fsp3) is 0.0833. The fourth-order valence-corrected chi connectivity index (χ4v) is 1.90. The summed E-state index contributed by atoms with van der Waals surface area (Å²) >= 11 is 6.87. The molecule has 0 saturated heterocycles. The number of aromatic nitrogens is 2. The topological polar surface area (TPSA) is 75.1 Å². The lowest BCUT2D eigenvalue weighted by molar-refractivity contribution is 0.103. The van der Waals surface area contributed by atoms with Crippen molar-refractivity contribution in [3.63, 3.8) is 0 Å². The Morgan fingerprint density at radius 2 is 2.37 bits per heavy atom. The molecule has 0 unspecified atom stereocenters. The number of aliphatic hydroxyl groups is 1. The Bertz CT molecular complexity index is 647. The molecule has 0 saturated carbocycles. The number of rotatable bonds is 2. The number of aliphatic hydroxyl groups excluding tert-OH is 1. The third-order valence-electron chi connectivity index (χ3n) is 2.12. The molecule has 1 amide bonds. The number of anilines is 1. The lowest BCUT2D eigenvalue weighted by atomic mass is 10.2. The number of carbonyl (C=O) groups is 1. The number of carbonyl (C=O) groups excluding carboxylic acids is 1. The van der Waals surface area contributed by atoms with Gasteiger partial charge in [-0.1, -0.05) is 27.9 Å². The minimum atomic E-state index is -0.315. The molecule has 96 valence electrons. The Kier molecular flexibility index (Phi) is 4.47. The van der Waals surface area contributed by atoms with Crippen molar-refractivity contribution in [2.24, 2.45) is 0 Å². The molecule has 2 rings (SSSR count). The van der Waals surface area contributed by atoms with Gasteiger partial charge in [0.2, 0.25) is 0 Å². The summed E-state index contributed by atoms with van der Waals surface area (Å²) in [6.07, 6.45) is 1.38. The molecule has 0 atom stereocenters. The van der Waals surface area contributed by atoms with Gasteiger partial charge in [-0.3, -0.25) is 4.79 Å². The Labute approximate surface area is 118 Å². The van der Waals surface area contributed by atoms with Crippen LogP contribution < -0.4 is 5.32 Å². The molecule has 2 aromatic rings. The molecule has 5 nitrogen and oxygen atoms in total. The van der Waals surface area contributed by atoms with Gasteiger partial charge < -0.3 is 10.4 Å². The number of hydrogen-bond acceptors (Lipinski definition) is 5. The van der Waals surface area contributed by atoms with Crippen molar-refractivity contribution in [2.75, 3.05) is 11.9 Å². The van der Waals surface area contributed by atoms with E-state index >= 15 is 0 Å². The molecule has 19 heavy (non-hydrogen) atoms. The molecule has 0 radical (unpaired) electrons. The van der Waals surface area contributed by atoms with Gasteiger partial charge in [0.1, 0.15) is 11.5 Å². The SMILES string of the molecule is O=C(Nc1ccc(Cl)cc1C#CCO)c1cnns1. The van der Waals surface area contributed by atoms with Crippen molar-refractivity contribution in [3.05, 3.63) is 39.9 Å². The summed E-state index contributed by atoms with van der Waals surface area (Å²) in [6, 6.07) is 4.91. The van der Waals surface area contributed by atoms with Gasteiger partial charge >= 0.3 is 0 Å². The second-order valence-electron chi connectivity index (χ2n) is 3.39. The third kappa shape index (κ3) is 3.51. The first-order chi connectivity index (χ1) is 9.20. The third-order valence-corrected chi connectivity index (χ3v) is 3.02. The van der Waals surface area contributed by atoms with Crippen LogP contribution in [0.5, 0.6) is 0 Å². The van der Waals surface area contributed by atoms with E-state index in [2.05, 4.69) is 26.7 Å². The second kappa shape index (κ2) is 6.29. The van der Waals surface area contributed by atoms with Crippen LogP contribution in [0.15, 0.2) is 24.4 Å². The van der Waals surface area contributed by atoms with E-state index in [4.69, 9.17) is 16.7 Å². The summed E-state index contributed by atoms with van der Waals surface area (Å²) in [5.74, 6) is 4.93. The van der Waals surface area contributed by atoms with Gasteiger partial charge in [0, 0.05) is 10.6 Å². The highest BCUT2D eigenvalue weighted by Gasteiger charge is 2.10. The second-order valence-corrected chi connectivity index (χ2v) is 4.61. The molecular weight excluding hydrogens is 286 g/mol. The molecule has 2 N–H and O–H groups in total. The van der Waals surface area contributed by atoms with E-state index in [9.17, 15) is 4.79 Å². The molecular formula is C12H8ClN3O2S. The summed E-state index contributed by atoms with van der Waals surface area (Å²) < 4.78 is 3.62. The van der Waals surface area contributed by atoms with Crippen LogP contribution in [0.1, 0.15) is 15.2 Å². The van der Waals surface area contributed by atoms with Crippen LogP contribution >= 0.6 is 23.1 Å². The van der Waals surface area contributed by atoms with Gasteiger partial charge in [-0.2, -0.15) is 0 Å². The number of nitrogens with zero attached hydrogens (tertiary/aromatic N) is 2. The molecule has 0 aliphatic rings. The van der Waals surface area contributed by atoms with Crippen LogP contribution in [0.4, 0.5) is 5.69 Å². The van der Waals surface area contributed by atoms with Gasteiger partial charge in [-0.05, 0) is 29.7 Å². The average molecular weight is 294 g/mol. The normalized spacial score (nSPS) is 9.58. The molecule has 1 aromatic heterocycles. The predicted molar refractivity (Wildman–Crippen MR) is 73.3 cm³/mol. The molecule has 0 aliphatic carbocycles. The summed E-state index contributed by atoms with van der Waals surface area (Å²) in [4.78, 5) is 12.3. The lowest BCUT2D eigenvalue weighted by Crippen LogP contribution is -2.11. The molecule has 1 aromatic carbocycles. The fourth-order valence-electron chi connectivity index (χ4n) is 1.31. The van der Waals surface area contributed by atoms with E-state index in [1.54, 1.807) is 18.2 Å². The van der Waals surface area contributed by atoms with Gasteiger partial charge in [0.25, 0.3) is 5.91 Å². The van der Waals surface area contributed by atoms with Gasteiger partial charge in [0.05, 0.1) is 11.9 Å². The van der Waals surface area contributed by atoms with E-state index in [1.165, 1.54) is 6.20 Å². The summed E-state index contributed by atoms with van der Waals surface area (Å²) in [5, 5.41) is 15.5. The molecule has 0 spiro atoms. The number of halogens is 1. The van der Waals surface area contributed by atoms with E-state index in [1.807, 2.05) is 0 Å². The largest absolute Gasteiger partial charge is 0.384 e. The molecule has 1 heterocycles. The van der Waals surface area contributed by atoms with Crippen LogP contribution in [0, 0.1) is 11.8 Å². The lowest BCUT2D eigenvalue weighted by Gasteiger charge is -2.06. The van der Waals surface area contributed by atoms with Crippen LogP contribution in [-0.4, -0.2) is 27.2 Å². The first-order valence-electron chi connectivity index (χ1n) is 5.18. The zero-order valence-electron chi connectivity index (χ0n) is 9.55. The maximum Gasteiger partial charge on any atom is 0.269 e. The van der Waals surface area contributed by atoms with E-state index in [0.717, 1.165) is 11.5 Å². The highest BCUT2D eigenvalue weighted by Crippen LogP contribution is 2.20. The first-order valence-corrected chi connectivity index (χ1v) is 6.34. The van der Waals surface area contributed by atoms with Crippen molar-refractivity contribution in [1.82, 2.24) is 9.59 Å². The number of amides is 1. The zero-order chi connectivity index (χ0) is 13.7. The summed E-state index contributed by atoms with van der Waals surface area (Å²) in [6.45, 7) is -0.265. The van der Waals surface area contributed by atoms with Crippen molar-refractivity contribution in [3.8, 4) is 11.8 Å². The smallest absolute Gasteiger partial charge is 0.269 e. The van der Waals surface area contributed by atoms with E-state index in [-0.39, 0.29) is 12.5 Å². The van der Waals surface area contributed by atoms with Crippen molar-refractivity contribution in [2.45, 2.75) is 0 Å². The Hall–Kier alpha value is -1.94. The minimum absolute atomic E-state index is 0.265. The molecule has 0 aliphatic heterocycles. The average Bonchev–Trinajstić information content (AvgIpc) is 2.93. The molecule has 7 heteroatoms. The van der Waals surface area contributed by atoms with Gasteiger partial charge in [-0.15, -0.1) is 5.10 Å². The number of nitrogens with one attached hydrogen (secondary N) is 1. The standard InChI is InChI=1S/C12H8ClN3O2S/c13-9-3-4-10(8(6-9)2-1-5-17)15-12(18)11-7-14-16-19-11/h3-4,6-7,17H,5H2,(H,15,18). The van der Waals surface area contributed by atoms with Crippen LogP contribution in [0.2, 0.25) is 5.02 Å². The first kappa shape index (κ1) is 13.5. The maximum absolute atomic E-state index is 11.9. The van der Waals surface area contributed by atoms with Crippen LogP contribution in [0.3, 0.4) is 0 Å². The Morgan fingerprint density at radius 3 is 3.05 bits per heavy atom. The van der Waals surface area contributed by atoms with E-state index in [0.29, 0.717) is 21.2 Å². The van der Waals surface area contributed by atoms with Crippen molar-refractivity contribution >= 4 is 34.7 Å². The summed E-state index contributed by atoms with van der Waals surface area (Å²) in [7, 11) is 0. The highest BCUT2D eigenvalue weighted by molar-refractivity contribution is 7.07. The Balaban J connectivity index is 2.27. The van der Waals surface area contributed by atoms with Crippen molar-refractivity contribution < 1.29 is 9.90 Å². The monoisotopic (exact) mass is 293 g/mol. The van der Waals surface area contributed by atoms with Crippen molar-refractivity contribution in [1.29, 1.82) is 0 Å². The minimum Gasteiger partial charge on any atom is -0.384 e. The Morgan fingerprint density at radius 1 is 1.53 bits per heavy atom. The quantitative estimate of drug-likeness (QED) is 0.828. The number of benzene rings is 1. The van der Waals surface area contributed by atoms with E-state index < -0.39 is 0 Å². The van der Waals surface area contributed by atoms with Crippen LogP contribution in [-0.2, 0) is 0 Å². The number of hydrogen-bond donors (Lipinski definition) is 2. The molecule has 0 fully saturated rings. The molecule has 0 bridgehead atoms. The maximum atomic E-state index is 11.9. The summed E-state index contributed by atoms with van der Waals surface area (Å²) in [5.41, 5.74) is 1.05. The zero-order valence-corrected chi connectivity index (χ0v) is 11.1. The highest BCUT2D eigenvalue weighted by atomic mass is 35.5. The van der Waals surface area contributed by atoms with Gasteiger partial charge in [0.15, 0.2) is 0 Å². The predicted octanol–water partition coefficient (Wildman–Crippen LogP) is 1.79. The van der Waals surface area contributed by atoms with Gasteiger partial charge in [-0.25, -0.2) is 0 Å². The van der Waals surface area contributed by atoms with Crippen LogP contribution in [0.25, 0.3) is 0 Å².